The quantitative estimate of drug-likeness (QED) is 0.919. The standard InChI is InChI=1S/C21H21FN2O2/c22-18-9-3-1-7-15(18)13-23-20(25)16-12-17(16)21(26)24-11-5-8-14-6-2-4-10-19(14)24/h1-4,6-7,9-10,16-17H,5,8,11-13H2,(H,23,25). The van der Waals surface area contributed by atoms with Gasteiger partial charge in [0.15, 0.2) is 0 Å². The van der Waals surface area contributed by atoms with Gasteiger partial charge in [-0.25, -0.2) is 4.39 Å². The molecular formula is C21H21FN2O2. The van der Waals surface area contributed by atoms with Crippen LogP contribution in [0.25, 0.3) is 0 Å². The molecule has 1 saturated carbocycles. The molecule has 0 spiro atoms. The zero-order valence-electron chi connectivity index (χ0n) is 14.5. The Kier molecular flexibility index (Phi) is 4.45. The SMILES string of the molecule is O=C(NCc1ccccc1F)C1CC1C(=O)N1CCCc2ccccc21. The van der Waals surface area contributed by atoms with Crippen LogP contribution in [0.2, 0.25) is 0 Å². The Morgan fingerprint density at radius 1 is 1.08 bits per heavy atom. The molecule has 26 heavy (non-hydrogen) atoms. The van der Waals surface area contributed by atoms with Crippen molar-refractivity contribution in [2.45, 2.75) is 25.8 Å². The third kappa shape index (κ3) is 3.21. The zero-order chi connectivity index (χ0) is 18.1. The number of amides is 2. The lowest BCUT2D eigenvalue weighted by atomic mass is 10.0. The van der Waals surface area contributed by atoms with Gasteiger partial charge >= 0.3 is 0 Å². The largest absolute Gasteiger partial charge is 0.352 e. The molecule has 1 fully saturated rings. The van der Waals surface area contributed by atoms with E-state index in [0.29, 0.717) is 18.5 Å². The fourth-order valence-corrected chi connectivity index (χ4v) is 3.68. The fourth-order valence-electron chi connectivity index (χ4n) is 3.68. The van der Waals surface area contributed by atoms with Gasteiger partial charge in [-0.3, -0.25) is 9.59 Å². The Bertz CT molecular complexity index is 851. The first-order chi connectivity index (χ1) is 12.6. The summed E-state index contributed by atoms with van der Waals surface area (Å²) in [7, 11) is 0. The van der Waals surface area contributed by atoms with Crippen LogP contribution >= 0.6 is 0 Å². The molecule has 2 atom stereocenters. The topological polar surface area (TPSA) is 49.4 Å². The number of para-hydroxylation sites is 1. The molecule has 2 aromatic carbocycles. The van der Waals surface area contributed by atoms with E-state index in [1.165, 1.54) is 11.6 Å². The summed E-state index contributed by atoms with van der Waals surface area (Å²) in [6.07, 6.45) is 2.50. The molecule has 1 N–H and O–H groups in total. The van der Waals surface area contributed by atoms with E-state index < -0.39 is 0 Å². The molecule has 0 bridgehead atoms. The highest BCUT2D eigenvalue weighted by Crippen LogP contribution is 2.42. The summed E-state index contributed by atoms with van der Waals surface area (Å²) in [6, 6.07) is 14.3. The number of fused-ring (bicyclic) bond motifs is 1. The van der Waals surface area contributed by atoms with Gasteiger partial charge in [0.2, 0.25) is 11.8 Å². The van der Waals surface area contributed by atoms with Gasteiger partial charge < -0.3 is 10.2 Å². The number of carbonyl (C=O) groups excluding carboxylic acids is 2. The Morgan fingerprint density at radius 2 is 1.85 bits per heavy atom. The van der Waals surface area contributed by atoms with Crippen LogP contribution in [0.5, 0.6) is 0 Å². The number of anilines is 1. The van der Waals surface area contributed by atoms with E-state index >= 15 is 0 Å². The normalized spacial score (nSPS) is 21.0. The van der Waals surface area contributed by atoms with Crippen LogP contribution in [0.4, 0.5) is 10.1 Å². The zero-order valence-corrected chi connectivity index (χ0v) is 14.5. The van der Waals surface area contributed by atoms with Crippen LogP contribution in [0.1, 0.15) is 24.0 Å². The average molecular weight is 352 g/mol. The second kappa shape index (κ2) is 6.90. The van der Waals surface area contributed by atoms with E-state index in [9.17, 15) is 14.0 Å². The van der Waals surface area contributed by atoms with Crippen molar-refractivity contribution in [1.82, 2.24) is 5.32 Å². The average Bonchev–Trinajstić information content (AvgIpc) is 3.47. The maximum atomic E-state index is 13.6. The van der Waals surface area contributed by atoms with Gasteiger partial charge in [0, 0.05) is 24.3 Å². The highest BCUT2D eigenvalue weighted by Gasteiger charge is 2.50. The van der Waals surface area contributed by atoms with Crippen molar-refractivity contribution in [3.05, 3.63) is 65.5 Å². The molecule has 1 heterocycles. The number of halogens is 1. The smallest absolute Gasteiger partial charge is 0.230 e. The number of hydrogen-bond donors (Lipinski definition) is 1. The van der Waals surface area contributed by atoms with Gasteiger partial charge in [-0.05, 0) is 37.0 Å². The van der Waals surface area contributed by atoms with Gasteiger partial charge in [0.05, 0.1) is 11.8 Å². The first-order valence-electron chi connectivity index (χ1n) is 9.05. The van der Waals surface area contributed by atoms with Crippen LogP contribution in [-0.4, -0.2) is 18.4 Å². The number of nitrogens with zero attached hydrogens (tertiary/aromatic N) is 1. The van der Waals surface area contributed by atoms with E-state index in [4.69, 9.17) is 0 Å². The summed E-state index contributed by atoms with van der Waals surface area (Å²) in [5.74, 6) is -1.04. The molecule has 2 aromatic rings. The molecule has 2 amide bonds. The molecule has 2 aliphatic rings. The minimum atomic E-state index is -0.332. The number of nitrogens with one attached hydrogen (secondary N) is 1. The van der Waals surface area contributed by atoms with Crippen LogP contribution in [0.15, 0.2) is 48.5 Å². The van der Waals surface area contributed by atoms with Crippen molar-refractivity contribution in [2.24, 2.45) is 11.8 Å². The monoisotopic (exact) mass is 352 g/mol. The maximum Gasteiger partial charge on any atom is 0.230 e. The number of hydrogen-bond acceptors (Lipinski definition) is 2. The Hall–Kier alpha value is -2.69. The van der Waals surface area contributed by atoms with E-state index in [2.05, 4.69) is 11.4 Å². The van der Waals surface area contributed by atoms with Gasteiger partial charge in [-0.15, -0.1) is 0 Å². The second-order valence-corrected chi connectivity index (χ2v) is 6.98. The highest BCUT2D eigenvalue weighted by atomic mass is 19.1. The predicted octanol–water partition coefficient (Wildman–Crippen LogP) is 3.06. The lowest BCUT2D eigenvalue weighted by Crippen LogP contribution is -2.37. The molecule has 0 radical (unpaired) electrons. The van der Waals surface area contributed by atoms with Crippen molar-refractivity contribution in [3.8, 4) is 0 Å². The Morgan fingerprint density at radius 3 is 2.69 bits per heavy atom. The number of benzene rings is 2. The number of carbonyl (C=O) groups is 2. The molecule has 1 aliphatic carbocycles. The molecule has 4 rings (SSSR count). The molecule has 134 valence electrons. The minimum absolute atomic E-state index is 0.0307. The first kappa shape index (κ1) is 16.8. The maximum absolute atomic E-state index is 13.6. The van der Waals surface area contributed by atoms with Gasteiger partial charge in [0.25, 0.3) is 0 Å². The third-order valence-electron chi connectivity index (χ3n) is 5.23. The Balaban J connectivity index is 1.37. The summed E-state index contributed by atoms with van der Waals surface area (Å²) in [5, 5.41) is 2.76. The molecule has 1 aliphatic heterocycles. The van der Waals surface area contributed by atoms with E-state index in [-0.39, 0.29) is 36.0 Å². The fraction of sp³-hybridized carbons (Fsp3) is 0.333. The van der Waals surface area contributed by atoms with E-state index in [1.54, 1.807) is 18.2 Å². The summed E-state index contributed by atoms with van der Waals surface area (Å²) >= 11 is 0. The second-order valence-electron chi connectivity index (χ2n) is 6.98. The summed E-state index contributed by atoms with van der Waals surface area (Å²) in [4.78, 5) is 27.0. The Labute approximate surface area is 152 Å². The summed E-state index contributed by atoms with van der Waals surface area (Å²) < 4.78 is 13.6. The minimum Gasteiger partial charge on any atom is -0.352 e. The molecule has 4 nitrogen and oxygen atoms in total. The number of rotatable bonds is 4. The number of aryl methyl sites for hydroxylation is 1. The van der Waals surface area contributed by atoms with Crippen LogP contribution in [0, 0.1) is 17.7 Å². The van der Waals surface area contributed by atoms with Crippen molar-refractivity contribution in [1.29, 1.82) is 0 Å². The highest BCUT2D eigenvalue weighted by molar-refractivity contribution is 6.01. The lowest BCUT2D eigenvalue weighted by Gasteiger charge is -2.29. The lowest BCUT2D eigenvalue weighted by molar-refractivity contribution is -0.126. The molecule has 0 saturated heterocycles. The van der Waals surface area contributed by atoms with Crippen molar-refractivity contribution in [2.75, 3.05) is 11.4 Å². The molecular weight excluding hydrogens is 331 g/mol. The molecule has 5 heteroatoms. The molecule has 0 aromatic heterocycles. The van der Waals surface area contributed by atoms with Crippen LogP contribution in [-0.2, 0) is 22.6 Å². The predicted molar refractivity (Wildman–Crippen MR) is 97.0 cm³/mol. The summed E-state index contributed by atoms with van der Waals surface area (Å²) in [6.45, 7) is 0.853. The summed E-state index contributed by atoms with van der Waals surface area (Å²) in [5.41, 5.74) is 2.61. The van der Waals surface area contributed by atoms with Crippen molar-refractivity contribution >= 4 is 17.5 Å². The molecule has 2 unspecified atom stereocenters. The van der Waals surface area contributed by atoms with E-state index in [1.807, 2.05) is 23.1 Å². The third-order valence-corrected chi connectivity index (χ3v) is 5.23. The van der Waals surface area contributed by atoms with Crippen LogP contribution < -0.4 is 10.2 Å². The van der Waals surface area contributed by atoms with Gasteiger partial charge in [-0.2, -0.15) is 0 Å². The van der Waals surface area contributed by atoms with Gasteiger partial charge in [-0.1, -0.05) is 36.4 Å². The first-order valence-corrected chi connectivity index (χ1v) is 9.05. The van der Waals surface area contributed by atoms with E-state index in [0.717, 1.165) is 18.5 Å². The van der Waals surface area contributed by atoms with Gasteiger partial charge in [0.1, 0.15) is 5.82 Å². The van der Waals surface area contributed by atoms with Crippen molar-refractivity contribution < 1.29 is 14.0 Å². The van der Waals surface area contributed by atoms with Crippen molar-refractivity contribution in [3.63, 3.8) is 0 Å². The van der Waals surface area contributed by atoms with Crippen LogP contribution in [0.3, 0.4) is 0 Å².